The molecule has 7 nitrogen and oxygen atoms in total. The number of amides is 3. The highest BCUT2D eigenvalue weighted by atomic mass is 16.2. The molecule has 2 aromatic carbocycles. The molecule has 3 amide bonds. The molecule has 1 fully saturated rings. The van der Waals surface area contributed by atoms with Crippen LogP contribution in [0.25, 0.3) is 0 Å². The molecule has 0 N–H and O–H groups in total. The Bertz CT molecular complexity index is 1150. The largest absolute Gasteiger partial charge is 0.330 e. The summed E-state index contributed by atoms with van der Waals surface area (Å²) in [6, 6.07) is 19.0. The normalized spacial score (nSPS) is 22.7. The fraction of sp³-hybridized carbons (Fsp3) is 0.217. The number of urea groups is 1. The highest BCUT2D eigenvalue weighted by molar-refractivity contribution is 6.29. The summed E-state index contributed by atoms with van der Waals surface area (Å²) in [4.78, 5) is 41.0. The van der Waals surface area contributed by atoms with Crippen LogP contribution in [-0.4, -0.2) is 52.5 Å². The molecule has 1 unspecified atom stereocenters. The lowest BCUT2D eigenvalue weighted by molar-refractivity contribution is -0.122. The topological polar surface area (TPSA) is 68.6 Å². The second kappa shape index (κ2) is 6.38. The van der Waals surface area contributed by atoms with Crippen molar-refractivity contribution in [2.75, 3.05) is 18.0 Å². The third-order valence-electron chi connectivity index (χ3n) is 6.01. The number of amidine groups is 2. The number of hydrogen-bond donors (Lipinski definition) is 0. The van der Waals surface area contributed by atoms with Gasteiger partial charge in [-0.15, -0.1) is 0 Å². The molecule has 30 heavy (non-hydrogen) atoms. The summed E-state index contributed by atoms with van der Waals surface area (Å²) >= 11 is 0. The Morgan fingerprint density at radius 1 is 0.867 bits per heavy atom. The van der Waals surface area contributed by atoms with E-state index in [0.717, 1.165) is 29.7 Å². The third-order valence-corrected chi connectivity index (χ3v) is 6.01. The first-order valence-corrected chi connectivity index (χ1v) is 10.2. The van der Waals surface area contributed by atoms with Crippen molar-refractivity contribution < 1.29 is 9.59 Å². The fourth-order valence-electron chi connectivity index (χ4n) is 4.71. The lowest BCUT2D eigenvalue weighted by Crippen LogP contribution is -2.56. The Balaban J connectivity index is 1.62. The molecule has 0 bridgehead atoms. The van der Waals surface area contributed by atoms with E-state index in [1.54, 1.807) is 9.80 Å². The number of nitrogens with zero attached hydrogens (tertiary/aromatic N) is 5. The average molecular weight is 397 g/mol. The van der Waals surface area contributed by atoms with Crippen molar-refractivity contribution in [1.29, 1.82) is 0 Å². The van der Waals surface area contributed by atoms with Gasteiger partial charge in [0.15, 0.2) is 11.7 Å². The van der Waals surface area contributed by atoms with Gasteiger partial charge in [-0.05, 0) is 25.0 Å². The standard InChI is InChI=1S/C23H19N5O2/c29-18-14-24-21-19-17-12-7-13-26(17)23(30)27(16-10-5-2-6-11-16)22(19)25-20(28(18)21)15-8-3-1-4-9-15/h1-6,8-11,17H,7,12-14H2. The van der Waals surface area contributed by atoms with E-state index in [4.69, 9.17) is 4.99 Å². The Hall–Kier alpha value is -3.74. The second-order valence-corrected chi connectivity index (χ2v) is 7.71. The maximum Gasteiger partial charge on any atom is 0.330 e. The molecule has 1 saturated heterocycles. The molecule has 0 spiro atoms. The zero-order chi connectivity index (χ0) is 20.2. The molecular formula is C23H19N5O2. The van der Waals surface area contributed by atoms with Crippen LogP contribution in [0.15, 0.2) is 82.0 Å². The summed E-state index contributed by atoms with van der Waals surface area (Å²) in [5, 5.41) is 0. The van der Waals surface area contributed by atoms with Gasteiger partial charge in [-0.2, -0.15) is 0 Å². The molecule has 4 aliphatic rings. The van der Waals surface area contributed by atoms with Crippen molar-refractivity contribution in [2.45, 2.75) is 18.9 Å². The maximum atomic E-state index is 13.5. The van der Waals surface area contributed by atoms with Crippen LogP contribution in [-0.2, 0) is 4.79 Å². The lowest BCUT2D eigenvalue weighted by Gasteiger charge is -2.42. The Kier molecular flexibility index (Phi) is 3.65. The highest BCUT2D eigenvalue weighted by Gasteiger charge is 2.49. The summed E-state index contributed by atoms with van der Waals surface area (Å²) in [5.74, 6) is 1.65. The van der Waals surface area contributed by atoms with Crippen LogP contribution in [0.2, 0.25) is 0 Å². The number of benzene rings is 2. The molecule has 148 valence electrons. The summed E-state index contributed by atoms with van der Waals surface area (Å²) in [7, 11) is 0. The summed E-state index contributed by atoms with van der Waals surface area (Å²) in [6.45, 7) is 0.796. The quantitative estimate of drug-likeness (QED) is 0.782. The predicted molar refractivity (Wildman–Crippen MR) is 113 cm³/mol. The number of aliphatic imine (C=N–C) groups is 2. The van der Waals surface area contributed by atoms with Crippen LogP contribution >= 0.6 is 0 Å². The molecule has 2 aromatic rings. The number of carbonyl (C=O) groups is 2. The lowest BCUT2D eigenvalue weighted by atomic mass is 9.98. The van der Waals surface area contributed by atoms with Crippen molar-refractivity contribution in [1.82, 2.24) is 9.80 Å². The van der Waals surface area contributed by atoms with E-state index >= 15 is 0 Å². The number of carbonyl (C=O) groups excluding carboxylic acids is 2. The van der Waals surface area contributed by atoms with E-state index < -0.39 is 0 Å². The van der Waals surface area contributed by atoms with Gasteiger partial charge in [-0.25, -0.2) is 19.6 Å². The van der Waals surface area contributed by atoms with Crippen LogP contribution in [0.5, 0.6) is 0 Å². The average Bonchev–Trinajstić information content (AvgIpc) is 3.42. The van der Waals surface area contributed by atoms with E-state index in [9.17, 15) is 9.59 Å². The molecule has 0 saturated carbocycles. The predicted octanol–water partition coefficient (Wildman–Crippen LogP) is 3.00. The van der Waals surface area contributed by atoms with Crippen LogP contribution in [0, 0.1) is 0 Å². The van der Waals surface area contributed by atoms with Gasteiger partial charge in [0.25, 0.3) is 5.91 Å². The minimum absolute atomic E-state index is 0.0722. The first-order chi connectivity index (χ1) is 14.7. The molecule has 6 rings (SSSR count). The number of hydrogen-bond acceptors (Lipinski definition) is 4. The summed E-state index contributed by atoms with van der Waals surface area (Å²) < 4.78 is 0. The Labute approximate surface area is 173 Å². The third kappa shape index (κ3) is 2.32. The van der Waals surface area contributed by atoms with Crippen molar-refractivity contribution in [3.05, 3.63) is 77.6 Å². The maximum absolute atomic E-state index is 13.5. The minimum Gasteiger partial charge on any atom is -0.317 e. The number of anilines is 1. The van der Waals surface area contributed by atoms with Crippen molar-refractivity contribution in [2.24, 2.45) is 9.98 Å². The number of para-hydroxylation sites is 1. The van der Waals surface area contributed by atoms with Crippen molar-refractivity contribution in [3.63, 3.8) is 0 Å². The smallest absolute Gasteiger partial charge is 0.317 e. The van der Waals surface area contributed by atoms with Crippen molar-refractivity contribution >= 4 is 29.3 Å². The van der Waals surface area contributed by atoms with E-state index in [2.05, 4.69) is 4.99 Å². The van der Waals surface area contributed by atoms with Crippen LogP contribution in [0.4, 0.5) is 10.5 Å². The molecule has 0 aliphatic carbocycles. The van der Waals surface area contributed by atoms with Gasteiger partial charge in [-0.3, -0.25) is 9.79 Å². The zero-order valence-electron chi connectivity index (χ0n) is 16.2. The molecule has 4 heterocycles. The summed E-state index contributed by atoms with van der Waals surface area (Å²) in [5.41, 5.74) is 2.46. The minimum atomic E-state index is -0.0966. The first kappa shape index (κ1) is 17.1. The molecule has 0 aromatic heterocycles. The molecule has 7 heteroatoms. The molecule has 1 atom stereocenters. The van der Waals surface area contributed by atoms with Gasteiger partial charge in [0.1, 0.15) is 12.4 Å². The first-order valence-electron chi connectivity index (χ1n) is 10.2. The summed E-state index contributed by atoms with van der Waals surface area (Å²) in [6.07, 6.45) is 1.77. The molecule has 0 radical (unpaired) electrons. The van der Waals surface area contributed by atoms with Crippen LogP contribution < -0.4 is 4.90 Å². The van der Waals surface area contributed by atoms with Gasteiger partial charge >= 0.3 is 6.03 Å². The van der Waals surface area contributed by atoms with Gasteiger partial charge in [-0.1, -0.05) is 48.5 Å². The fourth-order valence-corrected chi connectivity index (χ4v) is 4.71. The second-order valence-electron chi connectivity index (χ2n) is 7.71. The van der Waals surface area contributed by atoms with Crippen LogP contribution in [0.3, 0.4) is 0 Å². The monoisotopic (exact) mass is 397 g/mol. The van der Waals surface area contributed by atoms with Crippen molar-refractivity contribution in [3.8, 4) is 0 Å². The van der Waals surface area contributed by atoms with E-state index in [1.165, 1.54) is 0 Å². The SMILES string of the molecule is O=C1CN=C2C3=C(N=C(c4ccccc4)N12)N(c1ccccc1)C(=O)N1CCCC31. The van der Waals surface area contributed by atoms with E-state index in [1.807, 2.05) is 65.6 Å². The zero-order valence-corrected chi connectivity index (χ0v) is 16.2. The Morgan fingerprint density at radius 2 is 1.60 bits per heavy atom. The van der Waals surface area contributed by atoms with Crippen LogP contribution in [0.1, 0.15) is 18.4 Å². The highest BCUT2D eigenvalue weighted by Crippen LogP contribution is 2.40. The van der Waals surface area contributed by atoms with Gasteiger partial charge < -0.3 is 4.90 Å². The van der Waals surface area contributed by atoms with E-state index in [0.29, 0.717) is 24.0 Å². The Morgan fingerprint density at radius 3 is 2.37 bits per heavy atom. The molecular weight excluding hydrogens is 378 g/mol. The molecule has 4 aliphatic heterocycles. The van der Waals surface area contributed by atoms with Gasteiger partial charge in [0.2, 0.25) is 0 Å². The van der Waals surface area contributed by atoms with E-state index in [-0.39, 0.29) is 24.5 Å². The number of fused-ring (bicyclic) bond motifs is 4. The van der Waals surface area contributed by atoms with Gasteiger partial charge in [0.05, 0.1) is 17.3 Å². The van der Waals surface area contributed by atoms with Gasteiger partial charge in [0, 0.05) is 12.1 Å². The number of rotatable bonds is 2.